The summed E-state index contributed by atoms with van der Waals surface area (Å²) in [7, 11) is 0. The van der Waals surface area contributed by atoms with Gasteiger partial charge in [-0.2, -0.15) is 0 Å². The minimum Gasteiger partial charge on any atom is -0.343 e. The van der Waals surface area contributed by atoms with Crippen molar-refractivity contribution in [3.8, 4) is 0 Å². The molecule has 4 rings (SSSR count). The number of imide groups is 1. The SMILES string of the molecule is O=C1S/C(=C/c2cccn2Cc2ccccc2[N+](=O)[O-])C(=O)N1Cc1ccc(F)cc1Cl. The van der Waals surface area contributed by atoms with E-state index in [1.807, 2.05) is 0 Å². The van der Waals surface area contributed by atoms with Crippen LogP contribution in [0.5, 0.6) is 0 Å². The second-order valence-corrected chi connectivity index (χ2v) is 8.35. The monoisotopic (exact) mass is 471 g/mol. The van der Waals surface area contributed by atoms with Crippen LogP contribution < -0.4 is 0 Å². The van der Waals surface area contributed by atoms with Crippen molar-refractivity contribution in [2.24, 2.45) is 0 Å². The second-order valence-electron chi connectivity index (χ2n) is 6.95. The Kier molecular flexibility index (Phi) is 6.11. The first-order valence-electron chi connectivity index (χ1n) is 9.40. The van der Waals surface area contributed by atoms with Gasteiger partial charge in [0.25, 0.3) is 16.8 Å². The number of carbonyl (C=O) groups excluding carboxylic acids is 2. The smallest absolute Gasteiger partial charge is 0.293 e. The average molecular weight is 472 g/mol. The zero-order valence-electron chi connectivity index (χ0n) is 16.4. The number of hydrogen-bond donors (Lipinski definition) is 0. The first-order valence-corrected chi connectivity index (χ1v) is 10.6. The van der Waals surface area contributed by atoms with E-state index in [2.05, 4.69) is 0 Å². The molecule has 2 amide bonds. The largest absolute Gasteiger partial charge is 0.343 e. The molecule has 162 valence electrons. The van der Waals surface area contributed by atoms with Crippen molar-refractivity contribution < 1.29 is 18.9 Å². The number of nitrogens with zero attached hydrogens (tertiary/aromatic N) is 3. The van der Waals surface area contributed by atoms with Crippen LogP contribution in [0.4, 0.5) is 14.9 Å². The Morgan fingerprint density at radius 1 is 1.06 bits per heavy atom. The summed E-state index contributed by atoms with van der Waals surface area (Å²) in [5.41, 5.74) is 1.59. The van der Waals surface area contributed by atoms with E-state index in [0.717, 1.165) is 22.7 Å². The number of hydrogen-bond acceptors (Lipinski definition) is 5. The van der Waals surface area contributed by atoms with Crippen molar-refractivity contribution in [2.45, 2.75) is 13.1 Å². The molecule has 1 fully saturated rings. The number of rotatable bonds is 6. The van der Waals surface area contributed by atoms with Gasteiger partial charge in [-0.05, 0) is 47.7 Å². The highest BCUT2D eigenvalue weighted by Gasteiger charge is 2.35. The van der Waals surface area contributed by atoms with Crippen LogP contribution in [-0.2, 0) is 17.9 Å². The average Bonchev–Trinajstić information content (AvgIpc) is 3.29. The van der Waals surface area contributed by atoms with E-state index in [1.165, 1.54) is 18.2 Å². The van der Waals surface area contributed by atoms with Crippen LogP contribution in [0.3, 0.4) is 0 Å². The van der Waals surface area contributed by atoms with Crippen LogP contribution in [0, 0.1) is 15.9 Å². The minimum absolute atomic E-state index is 0.00338. The summed E-state index contributed by atoms with van der Waals surface area (Å²) in [5, 5.41) is 11.0. The summed E-state index contributed by atoms with van der Waals surface area (Å²) in [4.78, 5) is 37.4. The van der Waals surface area contributed by atoms with E-state index in [4.69, 9.17) is 11.6 Å². The maximum atomic E-state index is 13.3. The third kappa shape index (κ3) is 4.44. The van der Waals surface area contributed by atoms with Gasteiger partial charge in [-0.1, -0.05) is 35.9 Å². The summed E-state index contributed by atoms with van der Waals surface area (Å²) >= 11 is 6.82. The lowest BCUT2D eigenvalue weighted by Crippen LogP contribution is -2.27. The Bertz CT molecular complexity index is 1270. The molecule has 1 saturated heterocycles. The first kappa shape index (κ1) is 21.8. The van der Waals surface area contributed by atoms with Crippen LogP contribution in [0.1, 0.15) is 16.8 Å². The molecular formula is C22H15ClFN3O4S. The van der Waals surface area contributed by atoms with Gasteiger partial charge in [-0.15, -0.1) is 0 Å². The molecule has 0 bridgehead atoms. The van der Waals surface area contributed by atoms with Crippen LogP contribution in [0.15, 0.2) is 65.7 Å². The fourth-order valence-electron chi connectivity index (χ4n) is 3.30. The van der Waals surface area contributed by atoms with Crippen molar-refractivity contribution in [3.63, 3.8) is 0 Å². The van der Waals surface area contributed by atoms with Gasteiger partial charge in [0, 0.05) is 28.5 Å². The Balaban J connectivity index is 1.57. The number of nitro benzene ring substituents is 1. The van der Waals surface area contributed by atoms with Gasteiger partial charge in [0.1, 0.15) is 5.82 Å². The van der Waals surface area contributed by atoms with Gasteiger partial charge in [-0.25, -0.2) is 4.39 Å². The van der Waals surface area contributed by atoms with Crippen molar-refractivity contribution >= 4 is 46.3 Å². The van der Waals surface area contributed by atoms with Gasteiger partial charge in [0.2, 0.25) is 0 Å². The topological polar surface area (TPSA) is 85.5 Å². The number of amides is 2. The molecule has 0 aliphatic carbocycles. The lowest BCUT2D eigenvalue weighted by molar-refractivity contribution is -0.385. The van der Waals surface area contributed by atoms with Gasteiger partial charge >= 0.3 is 0 Å². The molecule has 0 atom stereocenters. The highest BCUT2D eigenvalue weighted by atomic mass is 35.5. The van der Waals surface area contributed by atoms with E-state index in [1.54, 1.807) is 47.2 Å². The fraction of sp³-hybridized carbons (Fsp3) is 0.0909. The molecule has 7 nitrogen and oxygen atoms in total. The molecule has 0 N–H and O–H groups in total. The zero-order valence-corrected chi connectivity index (χ0v) is 18.0. The molecular weight excluding hydrogens is 457 g/mol. The molecule has 2 heterocycles. The van der Waals surface area contributed by atoms with E-state index < -0.39 is 21.9 Å². The second kappa shape index (κ2) is 8.97. The minimum atomic E-state index is -0.507. The van der Waals surface area contributed by atoms with Crippen molar-refractivity contribution in [1.82, 2.24) is 9.47 Å². The number of para-hydroxylation sites is 1. The van der Waals surface area contributed by atoms with Crippen molar-refractivity contribution in [3.05, 3.63) is 103 Å². The number of thioether (sulfide) groups is 1. The third-order valence-corrected chi connectivity index (χ3v) is 6.15. The maximum Gasteiger partial charge on any atom is 0.293 e. The Morgan fingerprint density at radius 2 is 1.84 bits per heavy atom. The summed E-state index contributed by atoms with van der Waals surface area (Å²) < 4.78 is 15.0. The fourth-order valence-corrected chi connectivity index (χ4v) is 4.35. The highest BCUT2D eigenvalue weighted by Crippen LogP contribution is 2.34. The number of nitro groups is 1. The highest BCUT2D eigenvalue weighted by molar-refractivity contribution is 8.18. The van der Waals surface area contributed by atoms with Gasteiger partial charge in [0.05, 0.1) is 22.9 Å². The summed E-state index contributed by atoms with van der Waals surface area (Å²) in [5.74, 6) is -0.994. The molecule has 32 heavy (non-hydrogen) atoms. The summed E-state index contributed by atoms with van der Waals surface area (Å²) in [6, 6.07) is 13.7. The van der Waals surface area contributed by atoms with Crippen LogP contribution in [-0.4, -0.2) is 25.5 Å². The third-order valence-electron chi connectivity index (χ3n) is 4.89. The number of benzene rings is 2. The Labute approximate surface area is 191 Å². The molecule has 10 heteroatoms. The van der Waals surface area contributed by atoms with E-state index in [0.29, 0.717) is 16.8 Å². The molecule has 1 aliphatic heterocycles. The number of halogens is 2. The predicted molar refractivity (Wildman–Crippen MR) is 120 cm³/mol. The van der Waals surface area contributed by atoms with E-state index in [-0.39, 0.29) is 28.7 Å². The molecule has 0 spiro atoms. The van der Waals surface area contributed by atoms with Crippen molar-refractivity contribution in [2.75, 3.05) is 0 Å². The van der Waals surface area contributed by atoms with Crippen LogP contribution >= 0.6 is 23.4 Å². The quantitative estimate of drug-likeness (QED) is 0.270. The Hall–Kier alpha value is -3.43. The number of aromatic nitrogens is 1. The normalized spacial score (nSPS) is 15.1. The molecule has 2 aromatic carbocycles. The Morgan fingerprint density at radius 3 is 2.59 bits per heavy atom. The first-order chi connectivity index (χ1) is 15.3. The molecule has 1 aromatic heterocycles. The van der Waals surface area contributed by atoms with Crippen LogP contribution in [0.25, 0.3) is 6.08 Å². The van der Waals surface area contributed by atoms with Crippen LogP contribution in [0.2, 0.25) is 5.02 Å². The summed E-state index contributed by atoms with van der Waals surface area (Å²) in [6.45, 7) is 0.156. The lowest BCUT2D eigenvalue weighted by atomic mass is 10.2. The van der Waals surface area contributed by atoms with E-state index >= 15 is 0 Å². The molecule has 0 radical (unpaired) electrons. The van der Waals surface area contributed by atoms with E-state index in [9.17, 15) is 24.1 Å². The van der Waals surface area contributed by atoms with Gasteiger partial charge in [-0.3, -0.25) is 24.6 Å². The number of carbonyl (C=O) groups is 2. The van der Waals surface area contributed by atoms with Gasteiger partial charge < -0.3 is 4.57 Å². The maximum absolute atomic E-state index is 13.3. The molecule has 0 saturated carbocycles. The standard InChI is InChI=1S/C22H15ClFN3O4S/c23-18-10-16(24)8-7-14(18)13-26-21(28)20(32-22(26)29)11-17-5-3-9-25(17)12-15-4-1-2-6-19(15)27(30)31/h1-11H,12-13H2/b20-11+. The van der Waals surface area contributed by atoms with Crippen molar-refractivity contribution in [1.29, 1.82) is 0 Å². The zero-order chi connectivity index (χ0) is 22.8. The lowest BCUT2D eigenvalue weighted by Gasteiger charge is -2.13. The predicted octanol–water partition coefficient (Wildman–Crippen LogP) is 5.47. The molecule has 0 unspecified atom stereocenters. The molecule has 3 aromatic rings. The van der Waals surface area contributed by atoms with Gasteiger partial charge in [0.15, 0.2) is 0 Å². The summed E-state index contributed by atoms with van der Waals surface area (Å²) in [6.07, 6.45) is 3.32. The molecule has 1 aliphatic rings.